The highest BCUT2D eigenvalue weighted by atomic mass is 16.5. The molecule has 3 aromatic rings. The first-order valence-electron chi connectivity index (χ1n) is 9.03. The molecule has 2 aromatic carbocycles. The molecule has 0 aliphatic carbocycles. The Labute approximate surface area is 166 Å². The minimum absolute atomic E-state index is 0.0440. The van der Waals surface area contributed by atoms with Crippen LogP contribution in [0.5, 0.6) is 11.5 Å². The molecule has 1 aromatic heterocycles. The number of phenolic OH excluding ortho intramolecular Hbond substituents is 1. The van der Waals surface area contributed by atoms with E-state index in [2.05, 4.69) is 5.32 Å². The monoisotopic (exact) mass is 399 g/mol. The van der Waals surface area contributed by atoms with Gasteiger partial charge in [-0.05, 0) is 0 Å². The van der Waals surface area contributed by atoms with Gasteiger partial charge in [-0.3, -0.25) is 9.59 Å². The lowest BCUT2D eigenvalue weighted by Gasteiger charge is -2.10. The molecule has 8 nitrogen and oxygen atoms in total. The van der Waals surface area contributed by atoms with E-state index in [1.54, 1.807) is 12.1 Å². The number of hydrogen-bond donors (Lipinski definition) is 3. The highest BCUT2D eigenvalue weighted by molar-refractivity contribution is 5.86. The second kappa shape index (κ2) is 9.72. The first kappa shape index (κ1) is 20.4. The predicted octanol–water partition coefficient (Wildman–Crippen LogP) is 1.67. The van der Waals surface area contributed by atoms with Crippen LogP contribution in [0, 0.1) is 0 Å². The summed E-state index contributed by atoms with van der Waals surface area (Å²) in [5.41, 5.74) is 0.499. The van der Waals surface area contributed by atoms with Gasteiger partial charge >= 0.3 is 0 Å². The minimum Gasteiger partial charge on any atom is -0.507 e. The number of aromatic hydroxyl groups is 1. The van der Waals surface area contributed by atoms with Crippen molar-refractivity contribution < 1.29 is 28.9 Å². The minimum atomic E-state index is -0.380. The maximum absolute atomic E-state index is 12.4. The van der Waals surface area contributed by atoms with Gasteiger partial charge in [-0.2, -0.15) is 0 Å². The fraction of sp³-hybridized carbons (Fsp3) is 0.238. The molecule has 0 atom stereocenters. The lowest BCUT2D eigenvalue weighted by molar-refractivity contribution is -0.123. The highest BCUT2D eigenvalue weighted by Gasteiger charge is 2.13. The van der Waals surface area contributed by atoms with Crippen LogP contribution in [0.4, 0.5) is 0 Å². The number of carbonyl (C=O) groups excluding carboxylic acids is 1. The lowest BCUT2D eigenvalue weighted by atomic mass is 10.1. The van der Waals surface area contributed by atoms with E-state index in [0.717, 1.165) is 5.56 Å². The third-order valence-electron chi connectivity index (χ3n) is 4.02. The number of phenols is 1. The summed E-state index contributed by atoms with van der Waals surface area (Å²) in [7, 11) is 0. The van der Waals surface area contributed by atoms with Crippen molar-refractivity contribution in [1.29, 1.82) is 0 Å². The molecule has 0 aliphatic rings. The molecular formula is C21H21NO7. The first-order valence-corrected chi connectivity index (χ1v) is 9.03. The van der Waals surface area contributed by atoms with E-state index < -0.39 is 0 Å². The van der Waals surface area contributed by atoms with Gasteiger partial charge < -0.3 is 29.4 Å². The fourth-order valence-electron chi connectivity index (χ4n) is 2.70. The molecule has 8 heteroatoms. The Bertz CT molecular complexity index is 1030. The van der Waals surface area contributed by atoms with E-state index in [9.17, 15) is 14.7 Å². The molecule has 0 radical (unpaired) electrons. The van der Waals surface area contributed by atoms with Crippen LogP contribution in [0.2, 0.25) is 0 Å². The first-order chi connectivity index (χ1) is 14.1. The topological polar surface area (TPSA) is 118 Å². The van der Waals surface area contributed by atoms with Gasteiger partial charge in [-0.25, -0.2) is 0 Å². The molecule has 3 rings (SSSR count). The van der Waals surface area contributed by atoms with Crippen LogP contribution in [0.1, 0.15) is 0 Å². The number of aliphatic hydroxyl groups excluding tert-OH is 1. The van der Waals surface area contributed by atoms with Gasteiger partial charge in [-0.1, -0.05) is 30.3 Å². The summed E-state index contributed by atoms with van der Waals surface area (Å²) >= 11 is 0. The van der Waals surface area contributed by atoms with Crippen molar-refractivity contribution in [2.45, 2.75) is 0 Å². The zero-order valence-corrected chi connectivity index (χ0v) is 15.6. The second-order valence-corrected chi connectivity index (χ2v) is 6.13. The third-order valence-corrected chi connectivity index (χ3v) is 4.02. The number of nitrogens with one attached hydrogen (secondary N) is 1. The van der Waals surface area contributed by atoms with Gasteiger partial charge in [-0.15, -0.1) is 0 Å². The standard InChI is InChI=1S/C21H21NO7/c23-7-9-27-8-6-22-20(26)13-28-15-10-16(24)21-17(25)12-18(29-19(21)11-15)14-4-2-1-3-5-14/h1-5,10-12,23-24H,6-9,13H2,(H,22,26). The number of ether oxygens (including phenoxy) is 2. The predicted molar refractivity (Wildman–Crippen MR) is 106 cm³/mol. The molecule has 0 saturated heterocycles. The molecular weight excluding hydrogens is 378 g/mol. The van der Waals surface area contributed by atoms with Gasteiger partial charge in [0.2, 0.25) is 0 Å². The zero-order valence-electron chi connectivity index (χ0n) is 15.6. The Balaban J connectivity index is 1.73. The summed E-state index contributed by atoms with van der Waals surface area (Å²) in [4.78, 5) is 24.2. The number of hydrogen-bond acceptors (Lipinski definition) is 7. The zero-order chi connectivity index (χ0) is 20.6. The lowest BCUT2D eigenvalue weighted by Crippen LogP contribution is -2.31. The molecule has 29 heavy (non-hydrogen) atoms. The van der Waals surface area contributed by atoms with Crippen LogP contribution in [0.25, 0.3) is 22.3 Å². The number of amides is 1. The van der Waals surface area contributed by atoms with Crippen molar-refractivity contribution in [3.63, 3.8) is 0 Å². The molecule has 0 fully saturated rings. The van der Waals surface area contributed by atoms with E-state index in [-0.39, 0.29) is 66.8 Å². The molecule has 0 bridgehead atoms. The van der Waals surface area contributed by atoms with Gasteiger partial charge in [0.25, 0.3) is 5.91 Å². The molecule has 0 unspecified atom stereocenters. The Kier molecular flexibility index (Phi) is 6.83. The number of benzene rings is 2. The van der Waals surface area contributed by atoms with E-state index >= 15 is 0 Å². The van der Waals surface area contributed by atoms with Crippen molar-refractivity contribution in [1.82, 2.24) is 5.32 Å². The average molecular weight is 399 g/mol. The number of aliphatic hydroxyl groups is 1. The van der Waals surface area contributed by atoms with Crippen molar-refractivity contribution in [2.75, 3.05) is 33.0 Å². The van der Waals surface area contributed by atoms with Gasteiger partial charge in [0.15, 0.2) is 12.0 Å². The van der Waals surface area contributed by atoms with Crippen molar-refractivity contribution in [2.24, 2.45) is 0 Å². The van der Waals surface area contributed by atoms with Crippen molar-refractivity contribution >= 4 is 16.9 Å². The Morgan fingerprint density at radius 2 is 1.90 bits per heavy atom. The summed E-state index contributed by atoms with van der Waals surface area (Å²) in [6.45, 7) is 0.397. The SMILES string of the molecule is O=C(COc1cc(O)c2c(=O)cc(-c3ccccc3)oc2c1)NCCOCCO. The van der Waals surface area contributed by atoms with E-state index in [0.29, 0.717) is 5.76 Å². The molecule has 0 aliphatic heterocycles. The van der Waals surface area contributed by atoms with Crippen LogP contribution >= 0.6 is 0 Å². The quantitative estimate of drug-likeness (QED) is 0.468. The highest BCUT2D eigenvalue weighted by Crippen LogP contribution is 2.31. The number of rotatable bonds is 9. The fourth-order valence-corrected chi connectivity index (χ4v) is 2.70. The van der Waals surface area contributed by atoms with Crippen molar-refractivity contribution in [3.05, 3.63) is 58.8 Å². The molecule has 3 N–H and O–H groups in total. The maximum Gasteiger partial charge on any atom is 0.258 e. The smallest absolute Gasteiger partial charge is 0.258 e. The van der Waals surface area contributed by atoms with Crippen LogP contribution < -0.4 is 15.5 Å². The summed E-state index contributed by atoms with van der Waals surface area (Å²) < 4.78 is 16.2. The van der Waals surface area contributed by atoms with Crippen LogP contribution in [-0.2, 0) is 9.53 Å². The molecule has 0 saturated carbocycles. The summed E-state index contributed by atoms with van der Waals surface area (Å²) in [5, 5.41) is 21.4. The molecule has 1 heterocycles. The van der Waals surface area contributed by atoms with Crippen molar-refractivity contribution in [3.8, 4) is 22.8 Å². The normalized spacial score (nSPS) is 10.8. The average Bonchev–Trinajstić information content (AvgIpc) is 2.72. The van der Waals surface area contributed by atoms with Gasteiger partial charge in [0.1, 0.15) is 28.2 Å². The summed E-state index contributed by atoms with van der Waals surface area (Å²) in [5.74, 6) is -0.115. The third kappa shape index (κ3) is 5.34. The van der Waals surface area contributed by atoms with E-state index in [1.807, 2.05) is 18.2 Å². The van der Waals surface area contributed by atoms with E-state index in [1.165, 1.54) is 18.2 Å². The van der Waals surface area contributed by atoms with Crippen LogP contribution in [0.15, 0.2) is 57.7 Å². The van der Waals surface area contributed by atoms with Gasteiger partial charge in [0, 0.05) is 30.3 Å². The largest absolute Gasteiger partial charge is 0.507 e. The summed E-state index contributed by atoms with van der Waals surface area (Å²) in [6, 6.07) is 13.2. The van der Waals surface area contributed by atoms with Gasteiger partial charge in [0.05, 0.1) is 19.8 Å². The Hall–Kier alpha value is -3.36. The van der Waals surface area contributed by atoms with Crippen LogP contribution in [0.3, 0.4) is 0 Å². The Morgan fingerprint density at radius 3 is 2.66 bits per heavy atom. The molecule has 152 valence electrons. The maximum atomic E-state index is 12.4. The summed E-state index contributed by atoms with van der Waals surface area (Å²) in [6.07, 6.45) is 0. The Morgan fingerprint density at radius 1 is 1.10 bits per heavy atom. The van der Waals surface area contributed by atoms with E-state index in [4.69, 9.17) is 19.0 Å². The number of carbonyl (C=O) groups is 1. The van der Waals surface area contributed by atoms with Crippen LogP contribution in [-0.4, -0.2) is 49.1 Å². The molecule has 0 spiro atoms. The number of fused-ring (bicyclic) bond motifs is 1. The second-order valence-electron chi connectivity index (χ2n) is 6.13. The molecule has 1 amide bonds.